The molecule has 0 saturated carbocycles. The fourth-order valence-corrected chi connectivity index (χ4v) is 1.63. The first-order valence-corrected chi connectivity index (χ1v) is 6.28. The van der Waals surface area contributed by atoms with E-state index in [1.54, 1.807) is 36.7 Å². The van der Waals surface area contributed by atoms with Crippen molar-refractivity contribution in [2.24, 2.45) is 0 Å². The number of benzene rings is 1. The Labute approximate surface area is 116 Å². The van der Waals surface area contributed by atoms with Crippen molar-refractivity contribution in [3.05, 3.63) is 60.2 Å². The van der Waals surface area contributed by atoms with Gasteiger partial charge in [0, 0.05) is 12.7 Å². The van der Waals surface area contributed by atoms with Gasteiger partial charge in [-0.25, -0.2) is 4.39 Å². The summed E-state index contributed by atoms with van der Waals surface area (Å²) in [5, 5.41) is 2.74. The van der Waals surface area contributed by atoms with Crippen LogP contribution >= 0.6 is 0 Å². The average molecular weight is 274 g/mol. The Hall–Kier alpha value is -2.43. The first-order chi connectivity index (χ1) is 9.74. The summed E-state index contributed by atoms with van der Waals surface area (Å²) in [6.07, 6.45) is 3.83. The van der Waals surface area contributed by atoms with Gasteiger partial charge in [-0.05, 0) is 36.2 Å². The molecule has 0 fully saturated rings. The van der Waals surface area contributed by atoms with Crippen LogP contribution in [-0.2, 0) is 11.2 Å². The highest BCUT2D eigenvalue weighted by atomic mass is 19.1. The zero-order valence-electron chi connectivity index (χ0n) is 10.9. The lowest BCUT2D eigenvalue weighted by Gasteiger charge is -2.07. The molecule has 1 aromatic carbocycles. The summed E-state index contributed by atoms with van der Waals surface area (Å²) in [5.41, 5.74) is 0.972. The standard InChI is InChI=1S/C15H15FN2O2/c16-13-5-3-12(4-6-13)7-9-18-15(19)11-20-14-2-1-8-17-10-14/h1-6,8,10H,7,9,11H2,(H,18,19). The Morgan fingerprint density at radius 1 is 1.25 bits per heavy atom. The lowest BCUT2D eigenvalue weighted by Crippen LogP contribution is -2.30. The van der Waals surface area contributed by atoms with Gasteiger partial charge in [0.15, 0.2) is 6.61 Å². The first kappa shape index (κ1) is 14.0. The van der Waals surface area contributed by atoms with E-state index in [4.69, 9.17) is 4.74 Å². The fraction of sp³-hybridized carbons (Fsp3) is 0.200. The van der Waals surface area contributed by atoms with Crippen LogP contribution in [0, 0.1) is 5.82 Å². The van der Waals surface area contributed by atoms with Gasteiger partial charge in [0.1, 0.15) is 11.6 Å². The molecule has 2 rings (SSSR count). The van der Waals surface area contributed by atoms with Crippen molar-refractivity contribution < 1.29 is 13.9 Å². The van der Waals surface area contributed by atoms with Gasteiger partial charge >= 0.3 is 0 Å². The molecule has 20 heavy (non-hydrogen) atoms. The van der Waals surface area contributed by atoms with E-state index in [1.165, 1.54) is 12.1 Å². The Kier molecular flexibility index (Phi) is 5.06. The van der Waals surface area contributed by atoms with E-state index < -0.39 is 0 Å². The van der Waals surface area contributed by atoms with Gasteiger partial charge in [0.2, 0.25) is 0 Å². The molecule has 0 radical (unpaired) electrons. The number of carbonyl (C=O) groups is 1. The number of nitrogens with one attached hydrogen (secondary N) is 1. The molecule has 1 aromatic heterocycles. The number of nitrogens with zero attached hydrogens (tertiary/aromatic N) is 1. The summed E-state index contributed by atoms with van der Waals surface area (Å²) < 4.78 is 18.0. The second-order valence-corrected chi connectivity index (χ2v) is 4.20. The summed E-state index contributed by atoms with van der Waals surface area (Å²) in [4.78, 5) is 15.4. The number of rotatable bonds is 6. The van der Waals surface area contributed by atoms with Gasteiger partial charge in [-0.15, -0.1) is 0 Å². The predicted octanol–water partition coefficient (Wildman–Crippen LogP) is 1.96. The third-order valence-corrected chi connectivity index (χ3v) is 2.65. The number of amides is 1. The molecular formula is C15H15FN2O2. The maximum absolute atomic E-state index is 12.7. The van der Waals surface area contributed by atoms with E-state index in [9.17, 15) is 9.18 Å². The van der Waals surface area contributed by atoms with Crippen LogP contribution in [0.3, 0.4) is 0 Å². The van der Waals surface area contributed by atoms with Crippen LogP contribution in [0.25, 0.3) is 0 Å². The number of hydrogen-bond acceptors (Lipinski definition) is 3. The molecule has 0 spiro atoms. The second-order valence-electron chi connectivity index (χ2n) is 4.20. The molecule has 1 heterocycles. The minimum absolute atomic E-state index is 0.0465. The van der Waals surface area contributed by atoms with Gasteiger partial charge in [-0.2, -0.15) is 0 Å². The zero-order chi connectivity index (χ0) is 14.2. The van der Waals surface area contributed by atoms with Gasteiger partial charge in [0.05, 0.1) is 6.20 Å². The fourth-order valence-electron chi connectivity index (χ4n) is 1.63. The molecule has 1 N–H and O–H groups in total. The predicted molar refractivity (Wildman–Crippen MR) is 72.8 cm³/mol. The van der Waals surface area contributed by atoms with E-state index in [0.717, 1.165) is 5.56 Å². The molecule has 0 unspecified atom stereocenters. The molecule has 104 valence electrons. The summed E-state index contributed by atoms with van der Waals surface area (Å²) in [6, 6.07) is 9.69. The van der Waals surface area contributed by atoms with Crippen LogP contribution in [0.2, 0.25) is 0 Å². The largest absolute Gasteiger partial charge is 0.482 e. The number of ether oxygens (including phenoxy) is 1. The van der Waals surface area contributed by atoms with Gasteiger partial charge in [-0.3, -0.25) is 9.78 Å². The second kappa shape index (κ2) is 7.23. The van der Waals surface area contributed by atoms with Gasteiger partial charge in [-0.1, -0.05) is 12.1 Å². The molecule has 0 aliphatic carbocycles. The monoisotopic (exact) mass is 274 g/mol. The number of aromatic nitrogens is 1. The van der Waals surface area contributed by atoms with Crippen LogP contribution in [-0.4, -0.2) is 24.0 Å². The van der Waals surface area contributed by atoms with Crippen molar-refractivity contribution in [1.82, 2.24) is 10.3 Å². The van der Waals surface area contributed by atoms with Gasteiger partial charge < -0.3 is 10.1 Å². The minimum Gasteiger partial charge on any atom is -0.482 e. The molecule has 0 aliphatic rings. The summed E-state index contributed by atoms with van der Waals surface area (Å²) in [7, 11) is 0. The highest BCUT2D eigenvalue weighted by molar-refractivity contribution is 5.77. The molecule has 5 heteroatoms. The molecule has 0 saturated heterocycles. The molecule has 0 atom stereocenters. The third-order valence-electron chi connectivity index (χ3n) is 2.65. The van der Waals surface area contributed by atoms with Crippen molar-refractivity contribution >= 4 is 5.91 Å². The summed E-state index contributed by atoms with van der Waals surface area (Å²) in [5.74, 6) is 0.0970. The summed E-state index contributed by atoms with van der Waals surface area (Å²) >= 11 is 0. The smallest absolute Gasteiger partial charge is 0.257 e. The molecule has 4 nitrogen and oxygen atoms in total. The van der Waals surface area contributed by atoms with Crippen molar-refractivity contribution in [3.63, 3.8) is 0 Å². The van der Waals surface area contributed by atoms with Crippen molar-refractivity contribution in [2.45, 2.75) is 6.42 Å². The maximum atomic E-state index is 12.7. The Bertz CT molecular complexity index is 544. The van der Waals surface area contributed by atoms with Crippen molar-refractivity contribution in [2.75, 3.05) is 13.2 Å². The average Bonchev–Trinajstić information content (AvgIpc) is 2.48. The van der Waals surface area contributed by atoms with Crippen molar-refractivity contribution in [3.8, 4) is 5.75 Å². The van der Waals surface area contributed by atoms with Crippen molar-refractivity contribution in [1.29, 1.82) is 0 Å². The van der Waals surface area contributed by atoms with E-state index >= 15 is 0 Å². The normalized spacial score (nSPS) is 10.1. The lowest BCUT2D eigenvalue weighted by atomic mass is 10.1. The highest BCUT2D eigenvalue weighted by Gasteiger charge is 2.02. The van der Waals surface area contributed by atoms with Crippen LogP contribution in [0.15, 0.2) is 48.8 Å². The van der Waals surface area contributed by atoms with Crippen LogP contribution in [0.4, 0.5) is 4.39 Å². The number of halogens is 1. The SMILES string of the molecule is O=C(COc1cccnc1)NCCc1ccc(F)cc1. The van der Waals surface area contributed by atoms with Gasteiger partial charge in [0.25, 0.3) is 5.91 Å². The van der Waals surface area contributed by atoms with Crippen LogP contribution in [0.5, 0.6) is 5.75 Å². The molecule has 1 amide bonds. The van der Waals surface area contributed by atoms with Crippen LogP contribution < -0.4 is 10.1 Å². The molecule has 0 bridgehead atoms. The first-order valence-electron chi connectivity index (χ1n) is 6.28. The third kappa shape index (κ3) is 4.68. The topological polar surface area (TPSA) is 51.2 Å². The molecular weight excluding hydrogens is 259 g/mol. The number of carbonyl (C=O) groups excluding carboxylic acids is 1. The van der Waals surface area contributed by atoms with E-state index in [0.29, 0.717) is 18.7 Å². The van der Waals surface area contributed by atoms with Crippen LogP contribution in [0.1, 0.15) is 5.56 Å². The number of pyridine rings is 1. The lowest BCUT2D eigenvalue weighted by molar-refractivity contribution is -0.123. The maximum Gasteiger partial charge on any atom is 0.257 e. The molecule has 2 aromatic rings. The van der Waals surface area contributed by atoms with E-state index in [2.05, 4.69) is 10.3 Å². The zero-order valence-corrected chi connectivity index (χ0v) is 10.9. The minimum atomic E-state index is -0.261. The van der Waals surface area contributed by atoms with E-state index in [1.807, 2.05) is 0 Å². The summed E-state index contributed by atoms with van der Waals surface area (Å²) in [6.45, 7) is 0.440. The van der Waals surface area contributed by atoms with E-state index in [-0.39, 0.29) is 18.3 Å². The highest BCUT2D eigenvalue weighted by Crippen LogP contribution is 2.05. The quantitative estimate of drug-likeness (QED) is 0.876. The Morgan fingerprint density at radius 2 is 2.05 bits per heavy atom. The Morgan fingerprint density at radius 3 is 2.75 bits per heavy atom. The number of hydrogen-bond donors (Lipinski definition) is 1. The molecule has 0 aliphatic heterocycles. The Balaban J connectivity index is 1.66.